The van der Waals surface area contributed by atoms with E-state index in [1.54, 1.807) is 11.8 Å². The number of nitrogens with one attached hydrogen (secondary N) is 1. The van der Waals surface area contributed by atoms with Crippen molar-refractivity contribution in [1.82, 2.24) is 5.32 Å². The average Bonchev–Trinajstić information content (AvgIpc) is 2.59. The molecule has 0 fully saturated rings. The Hall–Kier alpha value is -1.16. The fourth-order valence-corrected chi connectivity index (χ4v) is 3.50. The van der Waals surface area contributed by atoms with Gasteiger partial charge in [0.1, 0.15) is 0 Å². The Morgan fingerprint density at radius 3 is 2.21 bits per heavy atom. The lowest BCUT2D eigenvalue weighted by Gasteiger charge is -2.14. The highest BCUT2D eigenvalue weighted by Gasteiger charge is 2.17. The average molecular weight is 382 g/mol. The maximum absolute atomic E-state index is 12.3. The summed E-state index contributed by atoms with van der Waals surface area (Å²) in [6.45, 7) is 2.71. The Balaban J connectivity index is 1.75. The molecule has 2 aromatic carbocycles. The number of aryl methyl sites for hydroxylation is 1. The third-order valence-corrected chi connectivity index (χ3v) is 5.49. The molecule has 24 heavy (non-hydrogen) atoms. The quantitative estimate of drug-likeness (QED) is 0.475. The van der Waals surface area contributed by atoms with E-state index in [1.165, 1.54) is 5.56 Å². The molecular weight excluding hydrogens is 361 g/mol. The molecule has 2 aromatic rings. The molecule has 0 saturated heterocycles. The molecule has 0 saturated carbocycles. The summed E-state index contributed by atoms with van der Waals surface area (Å²) in [6, 6.07) is 15.4. The predicted molar refractivity (Wildman–Crippen MR) is 104 cm³/mol. The zero-order chi connectivity index (χ0) is 17.4. The predicted octanol–water partition coefficient (Wildman–Crippen LogP) is 5.61. The molecule has 1 atom stereocenters. The maximum atomic E-state index is 12.3. The van der Waals surface area contributed by atoms with E-state index in [4.69, 9.17) is 23.2 Å². The van der Waals surface area contributed by atoms with Gasteiger partial charge in [-0.05, 0) is 61.2 Å². The van der Waals surface area contributed by atoms with Crippen molar-refractivity contribution in [2.45, 2.75) is 36.3 Å². The summed E-state index contributed by atoms with van der Waals surface area (Å²) in [7, 11) is 0. The van der Waals surface area contributed by atoms with Crippen LogP contribution in [-0.4, -0.2) is 17.7 Å². The molecule has 128 valence electrons. The Morgan fingerprint density at radius 2 is 1.62 bits per heavy atom. The summed E-state index contributed by atoms with van der Waals surface area (Å²) in [5.41, 5.74) is 1.23. The van der Waals surface area contributed by atoms with Gasteiger partial charge in [-0.25, -0.2) is 0 Å². The first kappa shape index (κ1) is 19.2. The van der Waals surface area contributed by atoms with Gasteiger partial charge < -0.3 is 5.32 Å². The minimum absolute atomic E-state index is 0.0818. The van der Waals surface area contributed by atoms with E-state index < -0.39 is 0 Å². The lowest BCUT2D eigenvalue weighted by Crippen LogP contribution is -2.33. The van der Waals surface area contributed by atoms with Crippen LogP contribution in [0.15, 0.2) is 53.4 Å². The second kappa shape index (κ2) is 9.97. The van der Waals surface area contributed by atoms with E-state index in [0.29, 0.717) is 11.6 Å². The third-order valence-electron chi connectivity index (χ3n) is 3.61. The van der Waals surface area contributed by atoms with Gasteiger partial charge in [-0.1, -0.05) is 42.3 Å². The molecule has 0 unspecified atom stereocenters. The number of hydrogen-bond donors (Lipinski definition) is 1. The van der Waals surface area contributed by atoms with Crippen molar-refractivity contribution in [2.75, 3.05) is 6.54 Å². The molecule has 0 radical (unpaired) electrons. The first-order valence-corrected chi connectivity index (χ1v) is 9.66. The SMILES string of the molecule is CC[C@H](Sc1ccc(Cl)cc1)C(=O)NCCCc1ccc(Cl)cc1. The largest absolute Gasteiger partial charge is 0.355 e. The summed E-state index contributed by atoms with van der Waals surface area (Å²) in [5.74, 6) is 0.0913. The van der Waals surface area contributed by atoms with Crippen molar-refractivity contribution >= 4 is 40.9 Å². The van der Waals surface area contributed by atoms with Crippen LogP contribution in [0.1, 0.15) is 25.3 Å². The first-order chi connectivity index (χ1) is 11.6. The molecule has 5 heteroatoms. The summed E-state index contributed by atoms with van der Waals surface area (Å²) in [6.07, 6.45) is 2.63. The molecule has 1 N–H and O–H groups in total. The standard InChI is InChI=1S/C19H21Cl2NOS/c1-2-18(24-17-11-9-16(21)10-12-17)19(23)22-13-3-4-14-5-7-15(20)8-6-14/h5-12,18H,2-4,13H2,1H3,(H,22,23)/t18-/m0/s1. The normalized spacial score (nSPS) is 12.0. The third kappa shape index (κ3) is 6.39. The fraction of sp³-hybridized carbons (Fsp3) is 0.316. The van der Waals surface area contributed by atoms with E-state index in [1.807, 2.05) is 55.5 Å². The highest BCUT2D eigenvalue weighted by Crippen LogP contribution is 2.26. The van der Waals surface area contributed by atoms with Crippen LogP contribution in [0.2, 0.25) is 10.0 Å². The highest BCUT2D eigenvalue weighted by atomic mass is 35.5. The molecule has 0 aromatic heterocycles. The molecule has 0 heterocycles. The minimum atomic E-state index is -0.0818. The molecule has 0 aliphatic carbocycles. The molecule has 0 aliphatic heterocycles. The number of halogens is 2. The van der Waals surface area contributed by atoms with Gasteiger partial charge >= 0.3 is 0 Å². The smallest absolute Gasteiger partial charge is 0.233 e. The Labute approximate surface area is 157 Å². The van der Waals surface area contributed by atoms with E-state index in [9.17, 15) is 4.79 Å². The summed E-state index contributed by atoms with van der Waals surface area (Å²) in [5, 5.41) is 4.41. The van der Waals surface area contributed by atoms with Crippen LogP contribution < -0.4 is 5.32 Å². The number of amides is 1. The summed E-state index contributed by atoms with van der Waals surface area (Å²) >= 11 is 13.3. The van der Waals surface area contributed by atoms with Crippen LogP contribution in [0.5, 0.6) is 0 Å². The second-order valence-corrected chi connectivity index (χ2v) is 7.64. The lowest BCUT2D eigenvalue weighted by atomic mass is 10.1. The van der Waals surface area contributed by atoms with Gasteiger partial charge in [0.15, 0.2) is 0 Å². The number of thioether (sulfide) groups is 1. The van der Waals surface area contributed by atoms with Gasteiger partial charge in [0.25, 0.3) is 0 Å². The van der Waals surface area contributed by atoms with Gasteiger partial charge in [0, 0.05) is 21.5 Å². The van der Waals surface area contributed by atoms with Crippen LogP contribution in [0.3, 0.4) is 0 Å². The van der Waals surface area contributed by atoms with Crippen molar-refractivity contribution in [1.29, 1.82) is 0 Å². The van der Waals surface area contributed by atoms with E-state index in [0.717, 1.165) is 29.2 Å². The van der Waals surface area contributed by atoms with Crippen LogP contribution in [0, 0.1) is 0 Å². The minimum Gasteiger partial charge on any atom is -0.355 e. The molecule has 0 bridgehead atoms. The molecule has 2 rings (SSSR count). The molecule has 2 nitrogen and oxygen atoms in total. The number of rotatable bonds is 8. The van der Waals surface area contributed by atoms with Gasteiger partial charge in [0.2, 0.25) is 5.91 Å². The number of carbonyl (C=O) groups is 1. The van der Waals surface area contributed by atoms with Crippen LogP contribution in [0.25, 0.3) is 0 Å². The Kier molecular flexibility index (Phi) is 7.97. The number of hydrogen-bond acceptors (Lipinski definition) is 2. The number of benzene rings is 2. The summed E-state index contributed by atoms with van der Waals surface area (Å²) < 4.78 is 0. The van der Waals surface area contributed by atoms with Gasteiger partial charge in [-0.2, -0.15) is 0 Å². The summed E-state index contributed by atoms with van der Waals surface area (Å²) in [4.78, 5) is 13.4. The van der Waals surface area contributed by atoms with E-state index in [-0.39, 0.29) is 11.2 Å². The number of carbonyl (C=O) groups excluding carboxylic acids is 1. The van der Waals surface area contributed by atoms with Gasteiger partial charge in [-0.15, -0.1) is 11.8 Å². The van der Waals surface area contributed by atoms with E-state index in [2.05, 4.69) is 5.32 Å². The van der Waals surface area contributed by atoms with Crippen LogP contribution >= 0.6 is 35.0 Å². The van der Waals surface area contributed by atoms with E-state index >= 15 is 0 Å². The second-order valence-electron chi connectivity index (χ2n) is 5.49. The van der Waals surface area contributed by atoms with Crippen molar-refractivity contribution < 1.29 is 4.79 Å². The monoisotopic (exact) mass is 381 g/mol. The molecule has 0 aliphatic rings. The van der Waals surface area contributed by atoms with Crippen LogP contribution in [0.4, 0.5) is 0 Å². The molecule has 1 amide bonds. The fourth-order valence-electron chi connectivity index (χ4n) is 2.27. The van der Waals surface area contributed by atoms with Gasteiger partial charge in [-0.3, -0.25) is 4.79 Å². The Bertz CT molecular complexity index is 643. The zero-order valence-electron chi connectivity index (χ0n) is 13.6. The van der Waals surface area contributed by atoms with Crippen LogP contribution in [-0.2, 0) is 11.2 Å². The first-order valence-electron chi connectivity index (χ1n) is 8.03. The Morgan fingerprint density at radius 1 is 1.04 bits per heavy atom. The molecular formula is C19H21Cl2NOS. The topological polar surface area (TPSA) is 29.1 Å². The van der Waals surface area contributed by atoms with Crippen molar-refractivity contribution in [3.8, 4) is 0 Å². The lowest BCUT2D eigenvalue weighted by molar-refractivity contribution is -0.120. The van der Waals surface area contributed by atoms with Crippen molar-refractivity contribution in [3.05, 3.63) is 64.1 Å². The van der Waals surface area contributed by atoms with Gasteiger partial charge in [0.05, 0.1) is 5.25 Å². The maximum Gasteiger partial charge on any atom is 0.233 e. The van der Waals surface area contributed by atoms with Crippen molar-refractivity contribution in [3.63, 3.8) is 0 Å². The molecule has 0 spiro atoms. The highest BCUT2D eigenvalue weighted by molar-refractivity contribution is 8.00. The van der Waals surface area contributed by atoms with Crippen molar-refractivity contribution in [2.24, 2.45) is 0 Å². The zero-order valence-corrected chi connectivity index (χ0v) is 15.9.